The third-order valence-corrected chi connectivity index (χ3v) is 5.18. The zero-order valence-electron chi connectivity index (χ0n) is 16.5. The van der Waals surface area contributed by atoms with Crippen molar-refractivity contribution < 1.29 is 14.7 Å². The van der Waals surface area contributed by atoms with Gasteiger partial charge in [-0.1, -0.05) is 23.8 Å². The van der Waals surface area contributed by atoms with Gasteiger partial charge in [-0.05, 0) is 51.7 Å². The lowest BCUT2D eigenvalue weighted by atomic mass is 9.96. The van der Waals surface area contributed by atoms with Crippen molar-refractivity contribution in [1.82, 2.24) is 14.7 Å². The molecule has 1 aliphatic rings. The molecule has 2 aromatic rings. The molecule has 1 aliphatic carbocycles. The topological polar surface area (TPSA) is 75.4 Å². The fourth-order valence-electron chi connectivity index (χ4n) is 3.61. The molecule has 1 fully saturated rings. The molecule has 1 heterocycles. The van der Waals surface area contributed by atoms with Gasteiger partial charge in [-0.25, -0.2) is 0 Å². The maximum Gasteiger partial charge on any atom is 0.325 e. The molecule has 1 amide bonds. The van der Waals surface area contributed by atoms with E-state index >= 15 is 0 Å². The van der Waals surface area contributed by atoms with E-state index in [0.717, 1.165) is 46.5 Å². The minimum absolute atomic E-state index is 0.158. The van der Waals surface area contributed by atoms with Crippen molar-refractivity contribution in [2.45, 2.75) is 53.6 Å². The first-order chi connectivity index (χ1) is 12.8. The molecule has 0 radical (unpaired) electrons. The second kappa shape index (κ2) is 7.55. The van der Waals surface area contributed by atoms with Crippen LogP contribution >= 0.6 is 0 Å². The molecular formula is C21H27N3O3. The van der Waals surface area contributed by atoms with Crippen LogP contribution in [0.25, 0.3) is 11.1 Å². The first kappa shape index (κ1) is 19.1. The van der Waals surface area contributed by atoms with E-state index in [1.165, 1.54) is 4.68 Å². The Kier molecular flexibility index (Phi) is 5.35. The Morgan fingerprint density at radius 3 is 2.56 bits per heavy atom. The lowest BCUT2D eigenvalue weighted by molar-refractivity contribution is -0.138. The van der Waals surface area contributed by atoms with Gasteiger partial charge in [0.05, 0.1) is 5.69 Å². The minimum atomic E-state index is -0.913. The molecule has 1 aromatic carbocycles. The maximum atomic E-state index is 12.6. The normalized spacial score (nSPS) is 13.6. The van der Waals surface area contributed by atoms with Gasteiger partial charge in [0.15, 0.2) is 0 Å². The summed E-state index contributed by atoms with van der Waals surface area (Å²) in [4.78, 5) is 25.6. The lowest BCUT2D eigenvalue weighted by Gasteiger charge is -2.23. The van der Waals surface area contributed by atoms with Crippen molar-refractivity contribution in [3.8, 4) is 11.1 Å². The summed E-state index contributed by atoms with van der Waals surface area (Å²) in [6.07, 6.45) is 1.99. The maximum absolute atomic E-state index is 12.6. The van der Waals surface area contributed by atoms with E-state index < -0.39 is 5.97 Å². The van der Waals surface area contributed by atoms with E-state index in [-0.39, 0.29) is 18.4 Å². The summed E-state index contributed by atoms with van der Waals surface area (Å²) in [5.74, 6) is -0.483. The molecule has 27 heavy (non-hydrogen) atoms. The zero-order valence-corrected chi connectivity index (χ0v) is 16.5. The van der Waals surface area contributed by atoms with E-state index in [0.29, 0.717) is 13.1 Å². The highest BCUT2D eigenvalue weighted by Crippen LogP contribution is 2.34. The van der Waals surface area contributed by atoms with Crippen LogP contribution in [-0.2, 0) is 22.7 Å². The number of aromatic nitrogens is 2. The summed E-state index contributed by atoms with van der Waals surface area (Å²) in [5.41, 5.74) is 5.83. The standard InChI is InChI=1S/C21H27N3O3/c1-5-23(21(27)16-7-8-16)11-17-10-13(2)6-9-18(17)20-14(3)22-24(15(20)4)12-19(25)26/h6,9-10,16H,5,7-8,11-12H2,1-4H3,(H,25,26). The number of carboxylic acids is 1. The first-order valence-electron chi connectivity index (χ1n) is 9.46. The molecule has 1 N–H and O–H groups in total. The summed E-state index contributed by atoms with van der Waals surface area (Å²) < 4.78 is 1.53. The fourth-order valence-corrected chi connectivity index (χ4v) is 3.61. The molecule has 6 heteroatoms. The first-order valence-corrected chi connectivity index (χ1v) is 9.46. The zero-order chi connectivity index (χ0) is 19.7. The molecule has 144 valence electrons. The van der Waals surface area contributed by atoms with Gasteiger partial charge in [-0.2, -0.15) is 5.10 Å². The average molecular weight is 369 g/mol. The fraction of sp³-hybridized carbons (Fsp3) is 0.476. The van der Waals surface area contributed by atoms with Crippen molar-refractivity contribution in [2.75, 3.05) is 6.54 Å². The number of aliphatic carboxylic acids is 1. The molecular weight excluding hydrogens is 342 g/mol. The number of carbonyl (C=O) groups is 2. The molecule has 0 spiro atoms. The number of hydrogen-bond donors (Lipinski definition) is 1. The summed E-state index contributed by atoms with van der Waals surface area (Å²) >= 11 is 0. The number of hydrogen-bond acceptors (Lipinski definition) is 3. The second-order valence-corrected chi connectivity index (χ2v) is 7.38. The lowest BCUT2D eigenvalue weighted by Crippen LogP contribution is -2.31. The van der Waals surface area contributed by atoms with E-state index in [1.54, 1.807) is 0 Å². The Bertz CT molecular complexity index is 881. The van der Waals surface area contributed by atoms with E-state index in [1.807, 2.05) is 38.7 Å². The van der Waals surface area contributed by atoms with Crippen LogP contribution in [0, 0.1) is 26.7 Å². The molecule has 1 aromatic heterocycles. The number of carbonyl (C=O) groups excluding carboxylic acids is 1. The highest BCUT2D eigenvalue weighted by atomic mass is 16.4. The molecule has 0 aliphatic heterocycles. The van der Waals surface area contributed by atoms with Crippen LogP contribution in [0.2, 0.25) is 0 Å². The number of amides is 1. The monoisotopic (exact) mass is 369 g/mol. The number of rotatable bonds is 7. The van der Waals surface area contributed by atoms with Crippen LogP contribution in [0.1, 0.15) is 42.3 Å². The summed E-state index contributed by atoms with van der Waals surface area (Å²) in [7, 11) is 0. The van der Waals surface area contributed by atoms with Gasteiger partial charge >= 0.3 is 5.97 Å². The van der Waals surface area contributed by atoms with Crippen LogP contribution < -0.4 is 0 Å². The van der Waals surface area contributed by atoms with Crippen LogP contribution in [0.4, 0.5) is 0 Å². The SMILES string of the molecule is CCN(Cc1cc(C)ccc1-c1c(C)nn(CC(=O)O)c1C)C(=O)C1CC1. The van der Waals surface area contributed by atoms with Gasteiger partial charge in [0.2, 0.25) is 5.91 Å². The van der Waals surface area contributed by atoms with Crippen molar-refractivity contribution in [2.24, 2.45) is 5.92 Å². The highest BCUT2D eigenvalue weighted by Gasteiger charge is 2.33. The Balaban J connectivity index is 2.00. The van der Waals surface area contributed by atoms with Gasteiger partial charge in [-0.3, -0.25) is 14.3 Å². The predicted octanol–water partition coefficient (Wildman–Crippen LogP) is 3.32. The van der Waals surface area contributed by atoms with Crippen molar-refractivity contribution in [3.05, 3.63) is 40.7 Å². The van der Waals surface area contributed by atoms with Crippen molar-refractivity contribution in [3.63, 3.8) is 0 Å². The summed E-state index contributed by atoms with van der Waals surface area (Å²) in [5, 5.41) is 13.5. The molecule has 0 atom stereocenters. The number of carboxylic acid groups (broad SMARTS) is 1. The molecule has 0 saturated heterocycles. The summed E-state index contributed by atoms with van der Waals surface area (Å²) in [6.45, 7) is 8.93. The number of aryl methyl sites for hydroxylation is 2. The van der Waals surface area contributed by atoms with Crippen LogP contribution in [-0.4, -0.2) is 38.2 Å². The third-order valence-electron chi connectivity index (χ3n) is 5.18. The molecule has 1 saturated carbocycles. The predicted molar refractivity (Wildman–Crippen MR) is 103 cm³/mol. The van der Waals surface area contributed by atoms with Crippen LogP contribution in [0.15, 0.2) is 18.2 Å². The van der Waals surface area contributed by atoms with Crippen molar-refractivity contribution >= 4 is 11.9 Å². The Morgan fingerprint density at radius 2 is 1.96 bits per heavy atom. The van der Waals surface area contributed by atoms with E-state index in [4.69, 9.17) is 5.11 Å². The van der Waals surface area contributed by atoms with Gasteiger partial charge in [-0.15, -0.1) is 0 Å². The quantitative estimate of drug-likeness (QED) is 0.812. The Hall–Kier alpha value is -2.63. The molecule has 0 bridgehead atoms. The van der Waals surface area contributed by atoms with Gasteiger partial charge in [0.1, 0.15) is 6.54 Å². The number of benzene rings is 1. The molecule has 3 rings (SSSR count). The Labute approximate surface area is 159 Å². The summed E-state index contributed by atoms with van der Waals surface area (Å²) in [6, 6.07) is 6.22. The van der Waals surface area contributed by atoms with Gasteiger partial charge in [0, 0.05) is 30.3 Å². The molecule has 6 nitrogen and oxygen atoms in total. The Morgan fingerprint density at radius 1 is 1.26 bits per heavy atom. The van der Waals surface area contributed by atoms with E-state index in [9.17, 15) is 9.59 Å². The van der Waals surface area contributed by atoms with Crippen LogP contribution in [0.5, 0.6) is 0 Å². The average Bonchev–Trinajstić information content (AvgIpc) is 3.41. The third kappa shape index (κ3) is 4.04. The largest absolute Gasteiger partial charge is 0.480 e. The number of nitrogens with zero attached hydrogens (tertiary/aromatic N) is 3. The van der Waals surface area contributed by atoms with Crippen molar-refractivity contribution in [1.29, 1.82) is 0 Å². The van der Waals surface area contributed by atoms with E-state index in [2.05, 4.69) is 17.2 Å². The minimum Gasteiger partial charge on any atom is -0.480 e. The van der Waals surface area contributed by atoms with Crippen LogP contribution in [0.3, 0.4) is 0 Å². The molecule has 0 unspecified atom stereocenters. The second-order valence-electron chi connectivity index (χ2n) is 7.38. The smallest absolute Gasteiger partial charge is 0.325 e. The highest BCUT2D eigenvalue weighted by molar-refractivity contribution is 5.81. The van der Waals surface area contributed by atoms with Gasteiger partial charge < -0.3 is 10.0 Å². The van der Waals surface area contributed by atoms with Gasteiger partial charge in [0.25, 0.3) is 0 Å².